The number of benzene rings is 6. The predicted molar refractivity (Wildman–Crippen MR) is 366 cm³/mol. The molecule has 5 N–H and O–H groups in total. The third-order valence-electron chi connectivity index (χ3n) is 15.8. The van der Waals surface area contributed by atoms with E-state index in [1.807, 2.05) is 121 Å². The number of carboxylic acid groups (broad SMARTS) is 3. The Labute approximate surface area is 556 Å². The van der Waals surface area contributed by atoms with Gasteiger partial charge in [0.1, 0.15) is 73.0 Å². The minimum Gasteiger partial charge on any atom is -0.490 e. The van der Waals surface area contributed by atoms with Crippen molar-refractivity contribution in [2.75, 3.05) is 43.3 Å². The number of methoxy groups -OCH3 is 1. The summed E-state index contributed by atoms with van der Waals surface area (Å²) in [6.45, 7) is 2.27. The topological polar surface area (TPSA) is 289 Å². The Bertz CT molecular complexity index is 4540. The number of thiazole rings is 2. The van der Waals surface area contributed by atoms with E-state index < -0.39 is 64.2 Å². The van der Waals surface area contributed by atoms with E-state index in [1.54, 1.807) is 35.3 Å². The van der Waals surface area contributed by atoms with Crippen LogP contribution in [-0.2, 0) is 51.1 Å². The molecule has 21 nitrogen and oxygen atoms in total. The van der Waals surface area contributed by atoms with Crippen molar-refractivity contribution in [1.29, 1.82) is 0 Å². The molecule has 2 fully saturated rings. The first kappa shape index (κ1) is 64.5. The fourth-order valence-electron chi connectivity index (χ4n) is 11.3. The minimum absolute atomic E-state index is 0. The third kappa shape index (κ3) is 12.9. The molecule has 0 radical (unpaired) electrons. The standard InChI is InChI=1S/C33H26N4O7S3.C32H28N4O6S3.CH4/c38-24(13-17-5-2-1-3-6-17)36-25-30(39)37-26(33(42)43)19(15-46-31(25)37)7-4-12-44-20-9-10-21-18(14-20)8-11-22-27(21)47-29(34-22)28-35-23(16-45-28)32(40)41;1-17-15-43-27(33-17)28-34-23-11-8-19-13-21(9-10-22(19)26(23)45-28)42-14-20-16-44-31-32(41-2,30(40)36(31)25(20)29(38)39)35-24(37)12-18-6-4-3-5-7-18;/h1-11,14,23,25,31H,12-13,15-16H2,(H,36,38)(H,40,41)(H,42,43);3-11,13,17,31H,12,14-16H2,1-2H3,(H,35,37)(H,38,39);1H4/b7-4+;;/t;17?,31?,32-;/m.0./s1. The van der Waals surface area contributed by atoms with Gasteiger partial charge in [-0.05, 0) is 89.0 Å². The number of thioether (sulfide) groups is 4. The number of carbonyl (C=O) groups excluding carboxylic acids is 4. The lowest BCUT2D eigenvalue weighted by molar-refractivity contribution is -0.192. The first-order valence-electron chi connectivity index (χ1n) is 28.8. The molecule has 0 aliphatic carbocycles. The number of hydrogen-bond acceptors (Lipinski definition) is 20. The molecule has 0 saturated carbocycles. The van der Waals surface area contributed by atoms with Gasteiger partial charge in [-0.3, -0.25) is 39.0 Å². The number of aromatic nitrogens is 2. The predicted octanol–water partition coefficient (Wildman–Crippen LogP) is 9.61. The first-order chi connectivity index (χ1) is 44.5. The average molecular weight is 1360 g/mol. The van der Waals surface area contributed by atoms with E-state index in [2.05, 4.69) is 27.5 Å². The summed E-state index contributed by atoms with van der Waals surface area (Å²) in [7, 11) is 1.34. The number of aliphatic carboxylic acids is 3. The molecule has 476 valence electrons. The van der Waals surface area contributed by atoms with E-state index in [-0.39, 0.29) is 56.5 Å². The molecule has 6 aromatic carbocycles. The van der Waals surface area contributed by atoms with E-state index in [9.17, 15) is 48.9 Å². The van der Waals surface area contributed by atoms with Crippen LogP contribution in [0.5, 0.6) is 11.5 Å². The smallest absolute Gasteiger partial charge is 0.352 e. The number of allylic oxidation sites excluding steroid dienone is 1. The maximum absolute atomic E-state index is 13.4. The largest absolute Gasteiger partial charge is 0.490 e. The lowest BCUT2D eigenvalue weighted by Crippen LogP contribution is -2.80. The summed E-state index contributed by atoms with van der Waals surface area (Å²) < 4.78 is 19.7. The number of carbonyl (C=O) groups is 7. The van der Waals surface area contributed by atoms with E-state index in [0.717, 1.165) is 68.9 Å². The van der Waals surface area contributed by atoms with E-state index in [4.69, 9.17) is 24.2 Å². The van der Waals surface area contributed by atoms with Crippen LogP contribution >= 0.6 is 69.7 Å². The van der Waals surface area contributed by atoms with Crippen LogP contribution in [0.15, 0.2) is 166 Å². The molecule has 93 heavy (non-hydrogen) atoms. The number of carboxylic acids is 3. The highest BCUT2D eigenvalue weighted by Gasteiger charge is 2.66. The van der Waals surface area contributed by atoms with E-state index >= 15 is 0 Å². The Kier molecular flexibility index (Phi) is 18.9. The van der Waals surface area contributed by atoms with Crippen molar-refractivity contribution in [3.05, 3.63) is 177 Å². The number of ether oxygens (including phenoxy) is 3. The van der Waals surface area contributed by atoms with Gasteiger partial charge in [0, 0.05) is 46.5 Å². The van der Waals surface area contributed by atoms with Crippen LogP contribution in [-0.4, -0.2) is 165 Å². The highest BCUT2D eigenvalue weighted by Crippen LogP contribution is 2.47. The second-order valence-corrected chi connectivity index (χ2v) is 28.1. The fraction of sp³-hybridized carbons (Fsp3) is 0.258. The normalized spacial score (nSPS) is 21.5. The van der Waals surface area contributed by atoms with Gasteiger partial charge < -0.3 is 40.2 Å². The van der Waals surface area contributed by atoms with Crippen molar-refractivity contribution in [3.63, 3.8) is 0 Å². The van der Waals surface area contributed by atoms with Crippen LogP contribution in [0, 0.1) is 0 Å². The summed E-state index contributed by atoms with van der Waals surface area (Å²) in [6, 6.07) is 36.5. The summed E-state index contributed by atoms with van der Waals surface area (Å²) >= 11 is 8.98. The maximum Gasteiger partial charge on any atom is 0.352 e. The summed E-state index contributed by atoms with van der Waals surface area (Å²) in [6.07, 6.45) is 3.59. The second-order valence-electron chi connectivity index (χ2n) is 21.9. The molecule has 6 aliphatic rings. The van der Waals surface area contributed by atoms with Crippen LogP contribution in [0.2, 0.25) is 0 Å². The van der Waals surface area contributed by atoms with E-state index in [0.29, 0.717) is 50.2 Å². The molecule has 0 bridgehead atoms. The van der Waals surface area contributed by atoms with Crippen molar-refractivity contribution >= 4 is 163 Å². The molecule has 4 amide bonds. The SMILES string of the molecule is C.CO[C@@]1(NC(=O)Cc2ccccc2)C(=O)N2C(C(=O)O)=C(COc3ccc4c(ccc5nc(C6=NC(C)CS6)sc54)c3)CSC21.O=C(Cc1ccccc1)NC1C(=O)N2C(C(=O)O)=C(/C=C/COc3ccc4c(ccc5nc(C6=NC(C(=O)O)CS6)sc54)c3)CSC12. The Morgan fingerprint density at radius 1 is 0.688 bits per heavy atom. The molecule has 6 atom stereocenters. The first-order valence-corrected chi connectivity index (χ1v) is 34.5. The number of amides is 4. The Morgan fingerprint density at radius 3 is 1.85 bits per heavy atom. The van der Waals surface area contributed by atoms with Crippen LogP contribution in [0.3, 0.4) is 0 Å². The third-order valence-corrected chi connectivity index (χ3v) is 23.2. The van der Waals surface area contributed by atoms with Gasteiger partial charge >= 0.3 is 17.9 Å². The average Bonchev–Trinajstić information content (AvgIpc) is 1.46. The number of nitrogens with one attached hydrogen (secondary N) is 2. The van der Waals surface area contributed by atoms with Gasteiger partial charge in [-0.15, -0.1) is 69.7 Å². The van der Waals surface area contributed by atoms with Gasteiger partial charge in [0.15, 0.2) is 6.04 Å². The highest BCUT2D eigenvalue weighted by molar-refractivity contribution is 8.15. The molecule has 2 aromatic heterocycles. The molecule has 14 rings (SSSR count). The quantitative estimate of drug-likeness (QED) is 0.0372. The van der Waals surface area contributed by atoms with Crippen molar-refractivity contribution in [2.45, 2.75) is 61.8 Å². The molecule has 8 aromatic rings. The lowest BCUT2D eigenvalue weighted by Gasteiger charge is -2.55. The van der Waals surface area contributed by atoms with Crippen molar-refractivity contribution in [1.82, 2.24) is 30.4 Å². The maximum atomic E-state index is 13.4. The molecular formula is C66H58N8O13S6. The van der Waals surface area contributed by atoms with E-state index in [1.165, 1.54) is 63.5 Å². The number of aliphatic imine (C=N–C) groups is 2. The zero-order chi connectivity index (χ0) is 63.9. The van der Waals surface area contributed by atoms with Gasteiger partial charge in [-0.2, -0.15) is 0 Å². The Morgan fingerprint density at radius 2 is 1.28 bits per heavy atom. The van der Waals surface area contributed by atoms with Crippen molar-refractivity contribution in [2.24, 2.45) is 9.98 Å². The summed E-state index contributed by atoms with van der Waals surface area (Å²) in [5.74, 6) is -1.91. The van der Waals surface area contributed by atoms with Gasteiger partial charge in [0.05, 0.1) is 39.3 Å². The summed E-state index contributed by atoms with van der Waals surface area (Å²) in [4.78, 5) is 109. The number of fused-ring (bicyclic) bond motifs is 8. The number of nitrogens with zero attached hydrogens (tertiary/aromatic N) is 6. The summed E-state index contributed by atoms with van der Waals surface area (Å²) in [5.41, 5.74) is 2.43. The fourth-order valence-corrected chi connectivity index (χ4v) is 18.5. The van der Waals surface area contributed by atoms with Crippen LogP contribution in [0.25, 0.3) is 42.0 Å². The highest BCUT2D eigenvalue weighted by atomic mass is 32.2. The minimum atomic E-state index is -1.65. The summed E-state index contributed by atoms with van der Waals surface area (Å²) in [5, 5.41) is 40.9. The van der Waals surface area contributed by atoms with Gasteiger partial charge in [-0.1, -0.05) is 86.3 Å². The Hall–Kier alpha value is -8.57. The molecule has 6 aliphatic heterocycles. The number of β-lactam (4-membered cyclic amide) rings is 2. The molecule has 27 heteroatoms. The zero-order valence-corrected chi connectivity index (χ0v) is 53.7. The van der Waals surface area contributed by atoms with Gasteiger partial charge in [-0.25, -0.2) is 24.4 Å². The Balaban J connectivity index is 0.000000177. The van der Waals surface area contributed by atoms with Crippen LogP contribution in [0.4, 0.5) is 0 Å². The van der Waals surface area contributed by atoms with Crippen LogP contribution in [0.1, 0.15) is 35.5 Å². The van der Waals surface area contributed by atoms with Gasteiger partial charge in [0.25, 0.3) is 17.5 Å². The number of rotatable bonds is 19. The monoisotopic (exact) mass is 1360 g/mol. The zero-order valence-electron chi connectivity index (χ0n) is 48.8. The molecular weight excluding hydrogens is 1310 g/mol. The molecule has 2 saturated heterocycles. The van der Waals surface area contributed by atoms with Crippen molar-refractivity contribution < 1.29 is 63.1 Å². The number of hydrogen-bond donors (Lipinski definition) is 5. The molecule has 5 unspecified atom stereocenters. The van der Waals surface area contributed by atoms with Gasteiger partial charge in [0.2, 0.25) is 11.8 Å². The second kappa shape index (κ2) is 27.2. The lowest BCUT2D eigenvalue weighted by atomic mass is 9.97. The molecule has 0 spiro atoms. The van der Waals surface area contributed by atoms with Crippen LogP contribution < -0.4 is 20.1 Å². The van der Waals surface area contributed by atoms with Crippen molar-refractivity contribution in [3.8, 4) is 11.5 Å². The molecule has 8 heterocycles.